The fourth-order valence-corrected chi connectivity index (χ4v) is 3.81. The van der Waals surface area contributed by atoms with E-state index >= 15 is 0 Å². The van der Waals surface area contributed by atoms with Crippen LogP contribution in [0.5, 0.6) is 5.75 Å². The summed E-state index contributed by atoms with van der Waals surface area (Å²) in [6.45, 7) is 3.51. The summed E-state index contributed by atoms with van der Waals surface area (Å²) in [5.74, 6) is 2.24. The summed E-state index contributed by atoms with van der Waals surface area (Å²) in [6.07, 6.45) is 5.24. The lowest BCUT2D eigenvalue weighted by molar-refractivity contribution is -0.689. The number of methoxy groups -OCH3 is 1. The molecule has 0 atom stereocenters. The maximum atomic E-state index is 12.8. The number of aromatic nitrogens is 2. The zero-order chi connectivity index (χ0) is 18.8. The predicted molar refractivity (Wildman–Crippen MR) is 105 cm³/mol. The van der Waals surface area contributed by atoms with Crippen LogP contribution >= 0.6 is 0 Å². The number of benzene rings is 2. The van der Waals surface area contributed by atoms with Crippen LogP contribution in [0.4, 0.5) is 0 Å². The molecule has 1 aliphatic heterocycles. The summed E-state index contributed by atoms with van der Waals surface area (Å²) in [4.78, 5) is 12.8. The molecule has 0 aliphatic carbocycles. The molecule has 0 saturated carbocycles. The number of imidazole rings is 1. The second-order valence-corrected chi connectivity index (χ2v) is 7.02. The van der Waals surface area contributed by atoms with Gasteiger partial charge in [-0.15, -0.1) is 0 Å². The van der Waals surface area contributed by atoms with Crippen molar-refractivity contribution in [2.75, 3.05) is 7.11 Å². The number of Topliss-reactive ketones (excluding diaryl/α,β-unsaturated/α-hetero) is 1. The van der Waals surface area contributed by atoms with Gasteiger partial charge in [-0.3, -0.25) is 4.79 Å². The van der Waals surface area contributed by atoms with Gasteiger partial charge in [0, 0.05) is 11.1 Å². The van der Waals surface area contributed by atoms with Gasteiger partial charge in [-0.1, -0.05) is 31.2 Å². The monoisotopic (exact) mass is 440 g/mol. The molecule has 0 radical (unpaired) electrons. The van der Waals surface area contributed by atoms with E-state index in [9.17, 15) is 4.79 Å². The van der Waals surface area contributed by atoms with Gasteiger partial charge in [0.25, 0.3) is 5.82 Å². The van der Waals surface area contributed by atoms with E-state index in [0.717, 1.165) is 42.7 Å². The summed E-state index contributed by atoms with van der Waals surface area (Å²) >= 11 is 0. The molecule has 0 unspecified atom stereocenters. The minimum Gasteiger partial charge on any atom is -1.00 e. The molecule has 0 bridgehead atoms. The molecule has 1 aliphatic rings. The quantitative estimate of drug-likeness (QED) is 0.420. The van der Waals surface area contributed by atoms with Crippen molar-refractivity contribution in [2.45, 2.75) is 39.3 Å². The third kappa shape index (κ3) is 3.90. The highest BCUT2D eigenvalue weighted by Gasteiger charge is 2.29. The highest BCUT2D eigenvalue weighted by atomic mass is 79.9. The first-order chi connectivity index (χ1) is 13.2. The molecule has 3 aromatic rings. The van der Waals surface area contributed by atoms with Gasteiger partial charge in [-0.2, -0.15) is 0 Å². The topological polar surface area (TPSA) is 35.1 Å². The van der Waals surface area contributed by atoms with Crippen molar-refractivity contribution in [3.63, 3.8) is 0 Å². The van der Waals surface area contributed by atoms with E-state index in [1.807, 2.05) is 36.4 Å². The Morgan fingerprint density at radius 3 is 2.46 bits per heavy atom. The molecule has 0 fully saturated rings. The van der Waals surface area contributed by atoms with Gasteiger partial charge in [-0.05, 0) is 42.7 Å². The Morgan fingerprint density at radius 2 is 1.82 bits per heavy atom. The first-order valence-corrected chi connectivity index (χ1v) is 9.58. The second kappa shape index (κ2) is 8.74. The Bertz CT molecular complexity index is 960. The van der Waals surface area contributed by atoms with Crippen LogP contribution in [0.2, 0.25) is 0 Å². The van der Waals surface area contributed by atoms with Gasteiger partial charge in [0.05, 0.1) is 20.1 Å². The number of hydrogen-bond acceptors (Lipinski definition) is 2. The minimum atomic E-state index is 0. The lowest BCUT2D eigenvalue weighted by Crippen LogP contribution is -3.00. The van der Waals surface area contributed by atoms with E-state index in [1.54, 1.807) is 7.11 Å². The molecule has 0 saturated heterocycles. The van der Waals surface area contributed by atoms with Crippen molar-refractivity contribution >= 4 is 5.78 Å². The zero-order valence-electron chi connectivity index (χ0n) is 16.3. The summed E-state index contributed by atoms with van der Waals surface area (Å²) in [7, 11) is 1.68. The van der Waals surface area contributed by atoms with E-state index in [2.05, 4.69) is 34.4 Å². The van der Waals surface area contributed by atoms with Crippen molar-refractivity contribution < 1.29 is 31.1 Å². The van der Waals surface area contributed by atoms with Gasteiger partial charge in [0.15, 0.2) is 12.2 Å². The first kappa shape index (κ1) is 20.3. The normalized spacial score (nSPS) is 12.4. The van der Waals surface area contributed by atoms with Gasteiger partial charge in [0.1, 0.15) is 11.9 Å². The van der Waals surface area contributed by atoms with E-state index in [-0.39, 0.29) is 22.8 Å². The molecule has 146 valence electrons. The maximum Gasteiger partial charge on any atom is 0.257 e. The van der Waals surface area contributed by atoms with Crippen LogP contribution in [-0.2, 0) is 25.9 Å². The molecule has 4 nitrogen and oxygen atoms in total. The SMILES string of the molecule is CCc1ccc(C(=O)C[n+]2cc(-c3ccc(OC)cc3)n3c2CCC3)cc1.[Br-]. The Kier molecular flexibility index (Phi) is 6.35. The molecule has 2 heterocycles. The number of carbonyl (C=O) groups is 1. The van der Waals surface area contributed by atoms with E-state index < -0.39 is 0 Å². The lowest BCUT2D eigenvalue weighted by atomic mass is 10.1. The Hall–Kier alpha value is -2.40. The fraction of sp³-hybridized carbons (Fsp3) is 0.304. The molecule has 0 N–H and O–H groups in total. The van der Waals surface area contributed by atoms with Crippen molar-refractivity contribution in [3.8, 4) is 17.0 Å². The number of nitrogens with zero attached hydrogens (tertiary/aromatic N) is 2. The average Bonchev–Trinajstić information content (AvgIpc) is 3.32. The molecule has 2 aromatic carbocycles. The summed E-state index contributed by atoms with van der Waals surface area (Å²) in [5.41, 5.74) is 4.35. The summed E-state index contributed by atoms with van der Waals surface area (Å²) in [5, 5.41) is 0. The molecular weight excluding hydrogens is 416 g/mol. The Morgan fingerprint density at radius 1 is 1.11 bits per heavy atom. The number of fused-ring (bicyclic) bond motifs is 1. The number of carbonyl (C=O) groups excluding carboxylic acids is 1. The van der Waals surface area contributed by atoms with Crippen LogP contribution in [0.15, 0.2) is 54.7 Å². The molecule has 0 spiro atoms. The summed E-state index contributed by atoms with van der Waals surface area (Å²) < 4.78 is 9.73. The van der Waals surface area contributed by atoms with Gasteiger partial charge in [-0.25, -0.2) is 9.13 Å². The van der Waals surface area contributed by atoms with Crippen LogP contribution in [-0.4, -0.2) is 17.5 Å². The van der Waals surface area contributed by atoms with Crippen LogP contribution in [0.3, 0.4) is 0 Å². The average molecular weight is 441 g/mol. The van der Waals surface area contributed by atoms with Crippen LogP contribution in [0, 0.1) is 0 Å². The largest absolute Gasteiger partial charge is 1.00 e. The molecule has 1 aromatic heterocycles. The highest BCUT2D eigenvalue weighted by Crippen LogP contribution is 2.26. The number of halogens is 1. The fourth-order valence-electron chi connectivity index (χ4n) is 3.81. The van der Waals surface area contributed by atoms with Crippen molar-refractivity contribution in [1.29, 1.82) is 0 Å². The highest BCUT2D eigenvalue weighted by molar-refractivity contribution is 5.95. The Balaban J connectivity index is 0.00000225. The van der Waals surface area contributed by atoms with E-state index in [0.29, 0.717) is 6.54 Å². The van der Waals surface area contributed by atoms with E-state index in [1.165, 1.54) is 17.1 Å². The third-order valence-corrected chi connectivity index (χ3v) is 5.38. The van der Waals surface area contributed by atoms with Crippen LogP contribution in [0.1, 0.15) is 35.1 Å². The number of rotatable bonds is 6. The second-order valence-electron chi connectivity index (χ2n) is 7.02. The predicted octanol–water partition coefficient (Wildman–Crippen LogP) is 0.847. The standard InChI is InChI=1S/C23H25N2O2.BrH/c1-3-17-6-8-19(9-7-17)22(26)16-24-15-21(25-14-4-5-23(24)25)18-10-12-20(27-2)13-11-18;/h6-13,15H,3-5,14,16H2,1-2H3;1H/q+1;/p-1. The molecule has 28 heavy (non-hydrogen) atoms. The molecule has 0 amide bonds. The van der Waals surface area contributed by atoms with Crippen LogP contribution < -0.4 is 26.3 Å². The maximum absolute atomic E-state index is 12.8. The number of aryl methyl sites for hydroxylation is 1. The molecule has 4 rings (SSSR count). The van der Waals surface area contributed by atoms with Crippen molar-refractivity contribution in [1.82, 2.24) is 4.57 Å². The number of hydrogen-bond donors (Lipinski definition) is 0. The van der Waals surface area contributed by atoms with Crippen LogP contribution in [0.25, 0.3) is 11.3 Å². The zero-order valence-corrected chi connectivity index (χ0v) is 17.9. The van der Waals surface area contributed by atoms with Gasteiger partial charge >= 0.3 is 0 Å². The van der Waals surface area contributed by atoms with Gasteiger partial charge in [0.2, 0.25) is 5.78 Å². The summed E-state index contributed by atoms with van der Waals surface area (Å²) in [6, 6.07) is 16.1. The minimum absolute atomic E-state index is 0. The smallest absolute Gasteiger partial charge is 0.257 e. The van der Waals surface area contributed by atoms with Gasteiger partial charge < -0.3 is 21.7 Å². The first-order valence-electron chi connectivity index (χ1n) is 9.58. The lowest BCUT2D eigenvalue weighted by Gasteiger charge is -2.02. The number of ether oxygens (including phenoxy) is 1. The number of ketones is 1. The molecule has 5 heteroatoms. The molecular formula is C23H25BrN2O2. The Labute approximate surface area is 176 Å². The van der Waals surface area contributed by atoms with E-state index in [4.69, 9.17) is 4.74 Å². The third-order valence-electron chi connectivity index (χ3n) is 5.38. The van der Waals surface area contributed by atoms with Crippen molar-refractivity contribution in [3.05, 3.63) is 71.7 Å². The van der Waals surface area contributed by atoms with Crippen molar-refractivity contribution in [2.24, 2.45) is 0 Å².